The van der Waals surface area contributed by atoms with E-state index in [1.807, 2.05) is 0 Å². The number of aldehydes is 1. The third kappa shape index (κ3) is 3.21. The summed E-state index contributed by atoms with van der Waals surface area (Å²) in [6.45, 7) is -0.195. The number of halogens is 1. The minimum absolute atomic E-state index is 0.0976. The molecule has 2 rings (SSSR count). The number of carbonyl (C=O) groups is 3. The van der Waals surface area contributed by atoms with Gasteiger partial charge in [-0.25, -0.2) is 4.39 Å². The Bertz CT molecular complexity index is 545. The van der Waals surface area contributed by atoms with Crippen LogP contribution in [0, 0.1) is 5.82 Å². The average Bonchev–Trinajstić information content (AvgIpc) is 2.35. The van der Waals surface area contributed by atoms with E-state index in [9.17, 15) is 18.8 Å². The number of hydrogen-bond acceptors (Lipinski definition) is 6. The molecular weight excluding hydrogens is 268 g/mol. The Morgan fingerprint density at radius 1 is 1.25 bits per heavy atom. The second-order valence-electron chi connectivity index (χ2n) is 4.38. The van der Waals surface area contributed by atoms with Gasteiger partial charge in [0.05, 0.1) is 13.1 Å². The van der Waals surface area contributed by atoms with Crippen molar-refractivity contribution in [2.75, 3.05) is 20.1 Å². The number of benzene rings is 1. The van der Waals surface area contributed by atoms with Crippen LogP contribution in [0.2, 0.25) is 0 Å². The van der Waals surface area contributed by atoms with Crippen LogP contribution >= 0.6 is 0 Å². The Morgan fingerprint density at radius 3 is 2.35 bits per heavy atom. The minimum atomic E-state index is -1.44. The summed E-state index contributed by atoms with van der Waals surface area (Å²) in [5.74, 6) is -2.05. The molecule has 0 bridgehead atoms. The Labute approximate surface area is 114 Å². The molecule has 1 aromatic rings. The molecule has 8 heteroatoms. The lowest BCUT2D eigenvalue weighted by Gasteiger charge is -2.22. The zero-order valence-corrected chi connectivity index (χ0v) is 10.7. The van der Waals surface area contributed by atoms with Gasteiger partial charge in [-0.3, -0.25) is 19.3 Å². The number of rotatable bonds is 2. The molecule has 1 fully saturated rings. The van der Waals surface area contributed by atoms with Gasteiger partial charge in [-0.05, 0) is 13.1 Å². The van der Waals surface area contributed by atoms with Crippen molar-refractivity contribution in [1.29, 1.82) is 0 Å². The summed E-state index contributed by atoms with van der Waals surface area (Å²) in [5, 5.41) is 0. The van der Waals surface area contributed by atoms with Crippen LogP contribution in [0.4, 0.5) is 4.39 Å². The molecule has 0 aliphatic carbocycles. The summed E-state index contributed by atoms with van der Waals surface area (Å²) in [7, 11) is 0.117. The molecule has 20 heavy (non-hydrogen) atoms. The summed E-state index contributed by atoms with van der Waals surface area (Å²) in [6, 6.07) is 3.57. The molecule has 0 amide bonds. The molecule has 1 heterocycles. The zero-order chi connectivity index (χ0) is 14.7. The Hall–Kier alpha value is -2.22. The average molecular weight is 279 g/mol. The molecule has 104 valence electrons. The fraction of sp³-hybridized carbons (Fsp3) is 0.250. The molecule has 0 saturated carbocycles. The van der Waals surface area contributed by atoms with Gasteiger partial charge in [0.25, 0.3) is 0 Å². The van der Waals surface area contributed by atoms with Crippen LogP contribution in [0.5, 0.6) is 0 Å². The summed E-state index contributed by atoms with van der Waals surface area (Å²) in [6.07, 6.45) is 0.484. The van der Waals surface area contributed by atoms with E-state index in [1.165, 1.54) is 17.0 Å². The maximum Gasteiger partial charge on any atom is 0.639 e. The second-order valence-corrected chi connectivity index (χ2v) is 4.38. The highest BCUT2D eigenvalue weighted by Crippen LogP contribution is 2.05. The minimum Gasteiger partial charge on any atom is -0.494 e. The number of likely N-dealkylation sites (N-methyl/N-ethyl adjacent to an activating group) is 1. The van der Waals surface area contributed by atoms with Gasteiger partial charge in [-0.2, -0.15) is 0 Å². The molecular formula is C12H11BFNO5. The molecule has 1 aromatic carbocycles. The van der Waals surface area contributed by atoms with E-state index >= 15 is 0 Å². The molecule has 6 nitrogen and oxygen atoms in total. The molecule has 0 atom stereocenters. The van der Waals surface area contributed by atoms with Crippen molar-refractivity contribution in [3.05, 3.63) is 29.6 Å². The standard InChI is InChI=1S/C12H11BFNO5/c1-15-5-11(17)19-13(20-12(18)6-15)9-3-2-8(7-16)4-10(9)14/h2-4,7H,5-6H2,1H3. The lowest BCUT2D eigenvalue weighted by Crippen LogP contribution is -2.48. The van der Waals surface area contributed by atoms with E-state index in [0.29, 0.717) is 6.29 Å². The van der Waals surface area contributed by atoms with Crippen LogP contribution < -0.4 is 5.46 Å². The van der Waals surface area contributed by atoms with Gasteiger partial charge < -0.3 is 9.31 Å². The number of hydrogen-bond donors (Lipinski definition) is 0. The first-order valence-corrected chi connectivity index (χ1v) is 5.81. The highest BCUT2D eigenvalue weighted by molar-refractivity contribution is 6.64. The van der Waals surface area contributed by atoms with Gasteiger partial charge in [0.15, 0.2) is 0 Å². The third-order valence-corrected chi connectivity index (χ3v) is 2.69. The first-order valence-electron chi connectivity index (χ1n) is 5.81. The monoisotopic (exact) mass is 279 g/mol. The summed E-state index contributed by atoms with van der Waals surface area (Å²) in [4.78, 5) is 35.0. The first-order chi connectivity index (χ1) is 9.49. The predicted molar refractivity (Wildman–Crippen MR) is 66.9 cm³/mol. The van der Waals surface area contributed by atoms with Gasteiger partial charge in [0, 0.05) is 11.0 Å². The van der Waals surface area contributed by atoms with Crippen molar-refractivity contribution in [3.8, 4) is 0 Å². The van der Waals surface area contributed by atoms with Crippen molar-refractivity contribution in [2.24, 2.45) is 0 Å². The van der Waals surface area contributed by atoms with E-state index in [2.05, 4.69) is 0 Å². The fourth-order valence-corrected chi connectivity index (χ4v) is 1.77. The SMILES string of the molecule is CN1CC(=O)OB(c2ccc(C=O)cc2F)OC(=O)C1. The highest BCUT2D eigenvalue weighted by Gasteiger charge is 2.35. The van der Waals surface area contributed by atoms with E-state index in [-0.39, 0.29) is 24.1 Å². The third-order valence-electron chi connectivity index (χ3n) is 2.69. The van der Waals surface area contributed by atoms with E-state index in [4.69, 9.17) is 9.31 Å². The fourth-order valence-electron chi connectivity index (χ4n) is 1.77. The van der Waals surface area contributed by atoms with Crippen molar-refractivity contribution < 1.29 is 28.1 Å². The van der Waals surface area contributed by atoms with Crippen molar-refractivity contribution in [1.82, 2.24) is 4.90 Å². The van der Waals surface area contributed by atoms with Crippen LogP contribution in [0.15, 0.2) is 18.2 Å². The maximum absolute atomic E-state index is 13.8. The van der Waals surface area contributed by atoms with Crippen LogP contribution in [0.3, 0.4) is 0 Å². The molecule has 0 spiro atoms. The van der Waals surface area contributed by atoms with Gasteiger partial charge in [-0.1, -0.05) is 12.1 Å². The van der Waals surface area contributed by atoms with Crippen LogP contribution in [-0.4, -0.2) is 50.4 Å². The van der Waals surface area contributed by atoms with Gasteiger partial charge >= 0.3 is 19.1 Å². The topological polar surface area (TPSA) is 72.9 Å². The molecule has 1 aliphatic rings. The highest BCUT2D eigenvalue weighted by atomic mass is 19.1. The quantitative estimate of drug-likeness (QED) is 0.530. The first kappa shape index (κ1) is 14.2. The van der Waals surface area contributed by atoms with Crippen molar-refractivity contribution in [3.63, 3.8) is 0 Å². The van der Waals surface area contributed by atoms with E-state index in [0.717, 1.165) is 6.07 Å². The lowest BCUT2D eigenvalue weighted by atomic mass is 9.77. The molecule has 0 radical (unpaired) electrons. The van der Waals surface area contributed by atoms with Crippen LogP contribution in [0.1, 0.15) is 10.4 Å². The summed E-state index contributed by atoms with van der Waals surface area (Å²) in [5.41, 5.74) is 0.0244. The Balaban J connectivity index is 2.27. The summed E-state index contributed by atoms with van der Waals surface area (Å²) >= 11 is 0. The van der Waals surface area contributed by atoms with Gasteiger partial charge in [0.2, 0.25) is 0 Å². The van der Waals surface area contributed by atoms with Crippen molar-refractivity contribution >= 4 is 30.8 Å². The zero-order valence-electron chi connectivity index (χ0n) is 10.7. The Morgan fingerprint density at radius 2 is 1.85 bits per heavy atom. The maximum atomic E-state index is 13.8. The summed E-state index contributed by atoms with van der Waals surface area (Å²) < 4.78 is 23.7. The largest absolute Gasteiger partial charge is 0.639 e. The molecule has 0 aromatic heterocycles. The van der Waals surface area contributed by atoms with Crippen molar-refractivity contribution in [2.45, 2.75) is 0 Å². The number of carbonyl (C=O) groups excluding carboxylic acids is 3. The normalized spacial score (nSPS) is 17.0. The smallest absolute Gasteiger partial charge is 0.494 e. The molecule has 1 saturated heterocycles. The number of nitrogens with zero attached hydrogens (tertiary/aromatic N) is 1. The molecule has 1 aliphatic heterocycles. The van der Waals surface area contributed by atoms with E-state index < -0.39 is 24.9 Å². The predicted octanol–water partition coefficient (Wildman–Crippen LogP) is -0.635. The lowest BCUT2D eigenvalue weighted by molar-refractivity contribution is -0.145. The second kappa shape index (κ2) is 5.83. The van der Waals surface area contributed by atoms with Crippen LogP contribution in [-0.2, 0) is 18.9 Å². The van der Waals surface area contributed by atoms with Crippen LogP contribution in [0.25, 0.3) is 0 Å². The molecule has 0 unspecified atom stereocenters. The van der Waals surface area contributed by atoms with Gasteiger partial charge in [-0.15, -0.1) is 0 Å². The molecule has 0 N–H and O–H groups in total. The van der Waals surface area contributed by atoms with E-state index in [1.54, 1.807) is 7.05 Å². The van der Waals surface area contributed by atoms with Gasteiger partial charge in [0.1, 0.15) is 12.1 Å². The Kier molecular flexibility index (Phi) is 4.14.